The van der Waals surface area contributed by atoms with Gasteiger partial charge in [-0.3, -0.25) is 0 Å². The molecule has 0 radical (unpaired) electrons. The van der Waals surface area contributed by atoms with E-state index in [1.807, 2.05) is 43.3 Å². The van der Waals surface area contributed by atoms with Crippen LogP contribution in [0, 0.1) is 0 Å². The van der Waals surface area contributed by atoms with E-state index < -0.39 is 18.8 Å². The van der Waals surface area contributed by atoms with Gasteiger partial charge in [0, 0.05) is 77.3 Å². The number of fused-ring (bicyclic) bond motifs is 1. The SMILES string of the molecule is CO[Si](CCC[N+](C)(C)CCCNS(=O)(=O)c1cccc2c(N(C)C)cccc12)(OC)OC. The van der Waals surface area contributed by atoms with Crippen molar-refractivity contribution in [2.24, 2.45) is 0 Å². The summed E-state index contributed by atoms with van der Waals surface area (Å²) in [5.41, 5.74) is 0.992. The Morgan fingerprint density at radius 1 is 0.909 bits per heavy atom. The minimum absolute atomic E-state index is 0.317. The third-order valence-corrected chi connectivity index (χ3v) is 10.4. The van der Waals surface area contributed by atoms with Gasteiger partial charge < -0.3 is 22.7 Å². The molecular weight excluding hydrogens is 458 g/mol. The second kappa shape index (κ2) is 11.7. The maximum absolute atomic E-state index is 13.1. The Labute approximate surface area is 200 Å². The van der Waals surface area contributed by atoms with Gasteiger partial charge in [0.25, 0.3) is 0 Å². The molecule has 2 aromatic carbocycles. The van der Waals surface area contributed by atoms with Crippen molar-refractivity contribution in [2.45, 2.75) is 23.8 Å². The van der Waals surface area contributed by atoms with Crippen LogP contribution in [-0.2, 0) is 23.3 Å². The summed E-state index contributed by atoms with van der Waals surface area (Å²) < 4.78 is 46.2. The lowest BCUT2D eigenvalue weighted by Gasteiger charge is -2.31. The number of hydrogen-bond acceptors (Lipinski definition) is 6. The Kier molecular flexibility index (Phi) is 9.86. The summed E-state index contributed by atoms with van der Waals surface area (Å²) in [5.74, 6) is 0. The number of benzene rings is 2. The summed E-state index contributed by atoms with van der Waals surface area (Å²) in [6.45, 7) is 2.17. The molecule has 2 aromatic rings. The van der Waals surface area contributed by atoms with Crippen LogP contribution in [0.5, 0.6) is 0 Å². The van der Waals surface area contributed by atoms with Gasteiger partial charge in [-0.25, -0.2) is 13.1 Å². The predicted octanol–water partition coefficient (Wildman–Crippen LogP) is 2.92. The van der Waals surface area contributed by atoms with Gasteiger partial charge in [-0.15, -0.1) is 0 Å². The molecule has 0 saturated carbocycles. The first-order chi connectivity index (χ1) is 15.5. The number of anilines is 1. The quantitative estimate of drug-likeness (QED) is 0.245. The zero-order chi connectivity index (χ0) is 24.7. The largest absolute Gasteiger partial charge is 0.500 e. The number of quaternary nitrogens is 1. The van der Waals surface area contributed by atoms with Crippen LogP contribution in [0.15, 0.2) is 41.3 Å². The lowest BCUT2D eigenvalue weighted by molar-refractivity contribution is -0.890. The molecule has 2 rings (SSSR count). The van der Waals surface area contributed by atoms with E-state index in [1.54, 1.807) is 33.5 Å². The van der Waals surface area contributed by atoms with Gasteiger partial charge in [-0.05, 0) is 12.1 Å². The Balaban J connectivity index is 1.96. The molecule has 0 unspecified atom stereocenters. The first-order valence-corrected chi connectivity index (χ1v) is 14.6. The van der Waals surface area contributed by atoms with Crippen LogP contribution in [0.4, 0.5) is 5.69 Å². The molecule has 0 aliphatic rings. The molecule has 0 aromatic heterocycles. The van der Waals surface area contributed by atoms with E-state index in [2.05, 4.69) is 18.8 Å². The van der Waals surface area contributed by atoms with Crippen LogP contribution in [0.25, 0.3) is 10.8 Å². The van der Waals surface area contributed by atoms with Crippen LogP contribution in [0.1, 0.15) is 12.8 Å². The van der Waals surface area contributed by atoms with E-state index in [9.17, 15) is 8.42 Å². The minimum atomic E-state index is -3.61. The van der Waals surface area contributed by atoms with E-state index in [4.69, 9.17) is 13.3 Å². The number of nitrogens with zero attached hydrogens (tertiary/aromatic N) is 2. The number of nitrogens with one attached hydrogen (secondary N) is 1. The van der Waals surface area contributed by atoms with E-state index in [1.165, 1.54) is 0 Å². The van der Waals surface area contributed by atoms with Crippen molar-refractivity contribution in [3.05, 3.63) is 36.4 Å². The van der Waals surface area contributed by atoms with Crippen molar-refractivity contribution in [1.29, 1.82) is 0 Å². The summed E-state index contributed by atoms with van der Waals surface area (Å²) in [6.07, 6.45) is 1.64. The highest BCUT2D eigenvalue weighted by atomic mass is 32.2. The van der Waals surface area contributed by atoms with E-state index >= 15 is 0 Å². The highest BCUT2D eigenvalue weighted by molar-refractivity contribution is 7.89. The van der Waals surface area contributed by atoms with Gasteiger partial charge in [0.05, 0.1) is 32.1 Å². The highest BCUT2D eigenvalue weighted by Gasteiger charge is 2.37. The van der Waals surface area contributed by atoms with Crippen molar-refractivity contribution in [2.75, 3.05) is 74.1 Å². The summed E-state index contributed by atoms with van der Waals surface area (Å²) in [5, 5.41) is 1.65. The standard InChI is InChI=1S/C23H40N3O5SSi/c1-25(2)22-14-8-13-21-20(22)12-9-15-23(21)32(27,28)24-16-10-17-26(3,4)18-11-19-33(29-5,30-6)31-7/h8-9,12-15,24H,10-11,16-19H2,1-7H3/q+1. The average molecular weight is 499 g/mol. The molecule has 0 spiro atoms. The first-order valence-electron chi connectivity index (χ1n) is 11.2. The smallest absolute Gasteiger partial charge is 0.377 e. The monoisotopic (exact) mass is 498 g/mol. The van der Waals surface area contributed by atoms with Gasteiger partial charge in [0.2, 0.25) is 10.0 Å². The lowest BCUT2D eigenvalue weighted by Crippen LogP contribution is -2.46. The topological polar surface area (TPSA) is 77.1 Å². The molecule has 0 atom stereocenters. The van der Waals surface area contributed by atoms with Gasteiger partial charge in [-0.2, -0.15) is 0 Å². The number of hydrogen-bond donors (Lipinski definition) is 1. The van der Waals surface area contributed by atoms with E-state index in [0.717, 1.165) is 52.9 Å². The normalized spacial score (nSPS) is 12.9. The van der Waals surface area contributed by atoms with Crippen molar-refractivity contribution in [3.8, 4) is 0 Å². The Morgan fingerprint density at radius 3 is 2.09 bits per heavy atom. The third kappa shape index (κ3) is 7.22. The number of rotatable bonds is 14. The molecule has 0 bridgehead atoms. The lowest BCUT2D eigenvalue weighted by atomic mass is 10.1. The molecule has 10 heteroatoms. The van der Waals surface area contributed by atoms with Crippen molar-refractivity contribution in [3.63, 3.8) is 0 Å². The molecule has 1 N–H and O–H groups in total. The van der Waals surface area contributed by atoms with Crippen LogP contribution < -0.4 is 9.62 Å². The fourth-order valence-corrected chi connectivity index (χ4v) is 7.07. The molecule has 186 valence electrons. The van der Waals surface area contributed by atoms with Gasteiger partial charge in [0.1, 0.15) is 0 Å². The summed E-state index contributed by atoms with van der Waals surface area (Å²) in [4.78, 5) is 2.31. The van der Waals surface area contributed by atoms with E-state index in [0.29, 0.717) is 11.4 Å². The summed E-state index contributed by atoms with van der Waals surface area (Å²) in [7, 11) is 6.92. The maximum atomic E-state index is 13.1. The molecule has 0 amide bonds. The maximum Gasteiger partial charge on any atom is 0.500 e. The summed E-state index contributed by atoms with van der Waals surface area (Å²) in [6, 6.07) is 11.9. The van der Waals surface area contributed by atoms with Crippen LogP contribution in [-0.4, -0.2) is 90.9 Å². The van der Waals surface area contributed by atoms with Crippen LogP contribution in [0.2, 0.25) is 6.04 Å². The Morgan fingerprint density at radius 2 is 1.48 bits per heavy atom. The zero-order valence-corrected chi connectivity index (χ0v) is 22.9. The van der Waals surface area contributed by atoms with Crippen molar-refractivity contribution < 1.29 is 26.2 Å². The Bertz CT molecular complexity index is 1000. The second-order valence-electron chi connectivity index (χ2n) is 9.06. The fraction of sp³-hybridized carbons (Fsp3) is 0.565. The minimum Gasteiger partial charge on any atom is -0.377 e. The van der Waals surface area contributed by atoms with E-state index in [-0.39, 0.29) is 0 Å². The molecule has 0 aliphatic heterocycles. The second-order valence-corrected chi connectivity index (χ2v) is 13.9. The van der Waals surface area contributed by atoms with Crippen molar-refractivity contribution in [1.82, 2.24) is 4.72 Å². The zero-order valence-electron chi connectivity index (χ0n) is 21.1. The van der Waals surface area contributed by atoms with Gasteiger partial charge in [-0.1, -0.05) is 24.3 Å². The van der Waals surface area contributed by atoms with Gasteiger partial charge in [0.15, 0.2) is 0 Å². The number of sulfonamides is 1. The summed E-state index contributed by atoms with van der Waals surface area (Å²) >= 11 is 0. The molecule has 33 heavy (non-hydrogen) atoms. The molecule has 0 heterocycles. The first kappa shape index (κ1) is 27.7. The highest BCUT2D eigenvalue weighted by Crippen LogP contribution is 2.30. The molecule has 0 aliphatic carbocycles. The molecule has 0 fully saturated rings. The van der Waals surface area contributed by atoms with Crippen LogP contribution in [0.3, 0.4) is 0 Å². The van der Waals surface area contributed by atoms with Crippen molar-refractivity contribution >= 4 is 35.3 Å². The molecular formula is C23H40N3O5SSi+. The fourth-order valence-electron chi connectivity index (χ4n) is 4.07. The molecule has 0 saturated heterocycles. The van der Waals surface area contributed by atoms with Gasteiger partial charge >= 0.3 is 8.80 Å². The molecule has 8 nitrogen and oxygen atoms in total. The third-order valence-electron chi connectivity index (χ3n) is 6.04. The predicted molar refractivity (Wildman–Crippen MR) is 136 cm³/mol. The average Bonchev–Trinajstić information content (AvgIpc) is 2.79. The van der Waals surface area contributed by atoms with Crippen LogP contribution >= 0.6 is 0 Å². The Hall–Kier alpha value is -1.53.